The van der Waals surface area contributed by atoms with Crippen LogP contribution in [0, 0.1) is 21.7 Å². The lowest BCUT2D eigenvalue weighted by Gasteiger charge is -2.05. The van der Waals surface area contributed by atoms with E-state index in [0.29, 0.717) is 11.4 Å². The molecule has 0 aromatic heterocycles. The van der Waals surface area contributed by atoms with Crippen molar-refractivity contribution < 1.29 is 13.7 Å². The van der Waals surface area contributed by atoms with Gasteiger partial charge >= 0.3 is 0 Å². The third-order valence-corrected chi connectivity index (χ3v) is 2.73. The molecule has 0 aliphatic carbocycles. The van der Waals surface area contributed by atoms with Gasteiger partial charge in [0.15, 0.2) is 0 Å². The molecule has 0 spiro atoms. The summed E-state index contributed by atoms with van der Waals surface area (Å²) in [5.41, 5.74) is 3.35. The number of nitrogens with one attached hydrogen (secondary N) is 1. The second-order valence-corrected chi connectivity index (χ2v) is 4.24. The Morgan fingerprint density at radius 3 is 2.67 bits per heavy atom. The van der Waals surface area contributed by atoms with Crippen molar-refractivity contribution in [1.82, 2.24) is 0 Å². The van der Waals surface area contributed by atoms with Crippen molar-refractivity contribution in [2.45, 2.75) is 6.92 Å². The summed E-state index contributed by atoms with van der Waals surface area (Å²) in [4.78, 5) is 10.1. The third kappa shape index (κ3) is 3.59. The fraction of sp³-hybridized carbons (Fsp3) is 0.0714. The number of hydrogen-bond acceptors (Lipinski definition) is 4. The molecule has 0 saturated heterocycles. The van der Waals surface area contributed by atoms with Crippen molar-refractivity contribution in [3.05, 3.63) is 69.8 Å². The summed E-state index contributed by atoms with van der Waals surface area (Å²) >= 11 is 0. The predicted octanol–water partition coefficient (Wildman–Crippen LogP) is 3.71. The Labute approximate surface area is 119 Å². The number of halogens is 2. The van der Waals surface area contributed by atoms with E-state index in [0.717, 1.165) is 12.1 Å². The lowest BCUT2D eigenvalue weighted by molar-refractivity contribution is -0.384. The van der Waals surface area contributed by atoms with Crippen molar-refractivity contribution in [1.29, 1.82) is 0 Å². The second kappa shape index (κ2) is 6.08. The fourth-order valence-corrected chi connectivity index (χ4v) is 1.68. The van der Waals surface area contributed by atoms with Gasteiger partial charge in [-0.2, -0.15) is 5.10 Å². The Morgan fingerprint density at radius 1 is 1.24 bits per heavy atom. The van der Waals surface area contributed by atoms with Gasteiger partial charge in [-0.25, -0.2) is 8.78 Å². The summed E-state index contributed by atoms with van der Waals surface area (Å²) in [7, 11) is 0. The van der Waals surface area contributed by atoms with E-state index in [1.165, 1.54) is 24.3 Å². The molecule has 0 fully saturated rings. The van der Waals surface area contributed by atoms with E-state index in [2.05, 4.69) is 10.5 Å². The monoisotopic (exact) mass is 291 g/mol. The quantitative estimate of drug-likeness (QED) is 0.530. The molecule has 0 heterocycles. The molecule has 1 N–H and O–H groups in total. The SMILES string of the molecule is C/C(=N/Nc1cccc([N+](=O)[O-])c1)c1ccc(F)cc1F. The maximum atomic E-state index is 13.6. The van der Waals surface area contributed by atoms with Gasteiger partial charge < -0.3 is 0 Å². The molecular formula is C14H11F2N3O2. The van der Waals surface area contributed by atoms with E-state index in [1.54, 1.807) is 13.0 Å². The van der Waals surface area contributed by atoms with Crippen LogP contribution in [0.2, 0.25) is 0 Å². The van der Waals surface area contributed by atoms with Crippen molar-refractivity contribution in [3.8, 4) is 0 Å². The Kier molecular flexibility index (Phi) is 4.22. The number of non-ortho nitro benzene ring substituents is 1. The fourth-order valence-electron chi connectivity index (χ4n) is 1.68. The van der Waals surface area contributed by atoms with Crippen molar-refractivity contribution in [2.75, 3.05) is 5.43 Å². The zero-order valence-electron chi connectivity index (χ0n) is 11.0. The van der Waals surface area contributed by atoms with Crippen LogP contribution < -0.4 is 5.43 Å². The molecule has 2 aromatic carbocycles. The first kappa shape index (κ1) is 14.6. The minimum absolute atomic E-state index is 0.0826. The van der Waals surface area contributed by atoms with Gasteiger partial charge in [-0.3, -0.25) is 15.5 Å². The summed E-state index contributed by atoms with van der Waals surface area (Å²) in [6.45, 7) is 1.54. The highest BCUT2D eigenvalue weighted by atomic mass is 19.1. The molecule has 21 heavy (non-hydrogen) atoms. The lowest BCUT2D eigenvalue weighted by Crippen LogP contribution is -2.03. The van der Waals surface area contributed by atoms with Gasteiger partial charge in [0.2, 0.25) is 0 Å². The van der Waals surface area contributed by atoms with Crippen LogP contribution in [0.15, 0.2) is 47.6 Å². The van der Waals surface area contributed by atoms with Gasteiger partial charge in [0.1, 0.15) is 11.6 Å². The molecule has 0 saturated carbocycles. The molecule has 2 rings (SSSR count). The van der Waals surface area contributed by atoms with Crippen LogP contribution in [0.4, 0.5) is 20.2 Å². The number of benzene rings is 2. The van der Waals surface area contributed by atoms with Gasteiger partial charge in [-0.15, -0.1) is 0 Å². The molecule has 0 radical (unpaired) electrons. The van der Waals surface area contributed by atoms with Crippen LogP contribution in [0.5, 0.6) is 0 Å². The van der Waals surface area contributed by atoms with Crippen molar-refractivity contribution >= 4 is 17.1 Å². The molecule has 0 amide bonds. The summed E-state index contributed by atoms with van der Waals surface area (Å²) < 4.78 is 26.4. The maximum Gasteiger partial charge on any atom is 0.271 e. The Bertz CT molecular complexity index is 717. The Balaban J connectivity index is 2.20. The van der Waals surface area contributed by atoms with Gasteiger partial charge in [0.25, 0.3) is 5.69 Å². The van der Waals surface area contributed by atoms with Gasteiger partial charge in [-0.05, 0) is 25.1 Å². The first-order valence-electron chi connectivity index (χ1n) is 5.97. The van der Waals surface area contributed by atoms with Crippen LogP contribution in [-0.4, -0.2) is 10.6 Å². The average Bonchev–Trinajstić information content (AvgIpc) is 2.45. The lowest BCUT2D eigenvalue weighted by atomic mass is 10.1. The normalized spacial score (nSPS) is 11.3. The van der Waals surface area contributed by atoms with Gasteiger partial charge in [0.05, 0.1) is 16.3 Å². The van der Waals surface area contributed by atoms with E-state index < -0.39 is 16.6 Å². The smallest absolute Gasteiger partial charge is 0.271 e. The third-order valence-electron chi connectivity index (χ3n) is 2.73. The predicted molar refractivity (Wildman–Crippen MR) is 75.3 cm³/mol. The van der Waals surface area contributed by atoms with E-state index in [-0.39, 0.29) is 11.3 Å². The molecule has 0 aliphatic heterocycles. The molecule has 5 nitrogen and oxygen atoms in total. The summed E-state index contributed by atoms with van der Waals surface area (Å²) in [6.07, 6.45) is 0. The van der Waals surface area contributed by atoms with Crippen molar-refractivity contribution in [3.63, 3.8) is 0 Å². The minimum Gasteiger partial charge on any atom is -0.278 e. The van der Waals surface area contributed by atoms with E-state index in [1.807, 2.05) is 0 Å². The number of rotatable bonds is 4. The minimum atomic E-state index is -0.725. The molecule has 0 aliphatic rings. The summed E-state index contributed by atoms with van der Waals surface area (Å²) in [6, 6.07) is 8.92. The van der Waals surface area contributed by atoms with E-state index >= 15 is 0 Å². The number of hydrogen-bond donors (Lipinski definition) is 1. The largest absolute Gasteiger partial charge is 0.278 e. The maximum absolute atomic E-state index is 13.6. The topological polar surface area (TPSA) is 67.5 Å². The molecule has 0 unspecified atom stereocenters. The highest BCUT2D eigenvalue weighted by Gasteiger charge is 2.08. The summed E-state index contributed by atoms with van der Waals surface area (Å²) in [5.74, 6) is -1.40. The summed E-state index contributed by atoms with van der Waals surface area (Å²) in [5, 5.41) is 14.6. The number of nitro benzene ring substituents is 1. The number of nitro groups is 1. The first-order valence-corrected chi connectivity index (χ1v) is 5.97. The van der Waals surface area contributed by atoms with E-state index in [9.17, 15) is 18.9 Å². The highest BCUT2D eigenvalue weighted by Crippen LogP contribution is 2.17. The molecule has 0 atom stereocenters. The van der Waals surface area contributed by atoms with E-state index in [4.69, 9.17) is 0 Å². The zero-order chi connectivity index (χ0) is 15.4. The van der Waals surface area contributed by atoms with Crippen LogP contribution in [0.1, 0.15) is 12.5 Å². The number of nitrogens with zero attached hydrogens (tertiary/aromatic N) is 2. The van der Waals surface area contributed by atoms with Crippen LogP contribution in [-0.2, 0) is 0 Å². The molecular weight excluding hydrogens is 280 g/mol. The zero-order valence-corrected chi connectivity index (χ0v) is 11.0. The standard InChI is InChI=1S/C14H11F2N3O2/c1-9(13-6-5-10(15)7-14(13)16)17-18-11-3-2-4-12(8-11)19(20)21/h2-8,18H,1H3/b17-9-. The average molecular weight is 291 g/mol. The Morgan fingerprint density at radius 2 is 2.00 bits per heavy atom. The molecule has 2 aromatic rings. The molecule has 7 heteroatoms. The number of anilines is 1. The van der Waals surface area contributed by atoms with Crippen LogP contribution in [0.3, 0.4) is 0 Å². The highest BCUT2D eigenvalue weighted by molar-refractivity contribution is 5.99. The Hall–Kier alpha value is -2.83. The number of hydrazone groups is 1. The van der Waals surface area contributed by atoms with Crippen molar-refractivity contribution in [2.24, 2.45) is 5.10 Å². The van der Waals surface area contributed by atoms with Gasteiger partial charge in [0, 0.05) is 23.8 Å². The second-order valence-electron chi connectivity index (χ2n) is 4.24. The van der Waals surface area contributed by atoms with Gasteiger partial charge in [-0.1, -0.05) is 6.07 Å². The molecule has 0 bridgehead atoms. The van der Waals surface area contributed by atoms with Crippen LogP contribution >= 0.6 is 0 Å². The van der Waals surface area contributed by atoms with Crippen LogP contribution in [0.25, 0.3) is 0 Å². The first-order chi connectivity index (χ1) is 9.97. The molecule has 108 valence electrons.